The van der Waals surface area contributed by atoms with E-state index in [1.165, 1.54) is 18.9 Å². The second kappa shape index (κ2) is 22.1. The summed E-state index contributed by atoms with van der Waals surface area (Å²) in [7, 11) is 0. The maximum absolute atomic E-state index is 10.5. The molecule has 0 aliphatic rings. The molecule has 0 aromatic carbocycles. The van der Waals surface area contributed by atoms with Crippen LogP contribution in [0.25, 0.3) is 0 Å². The lowest BCUT2D eigenvalue weighted by Crippen LogP contribution is -2.21. The summed E-state index contributed by atoms with van der Waals surface area (Å²) in [5, 5.41) is 2.17. The number of carbonyl (C=O) groups is 2. The summed E-state index contributed by atoms with van der Waals surface area (Å²) in [6.45, 7) is 12.2. The quantitative estimate of drug-likeness (QED) is 0.430. The smallest absolute Gasteiger partial charge is 0.244 e. The fourth-order valence-electron chi connectivity index (χ4n) is 0.665. The van der Waals surface area contributed by atoms with Gasteiger partial charge in [-0.2, -0.15) is 0 Å². The second-order valence-corrected chi connectivity index (χ2v) is 3.87. The topological polar surface area (TPSA) is 72.2 Å². The zero-order valence-electron chi connectivity index (χ0n) is 12.1. The Kier molecular flexibility index (Phi) is 26.7. The number of nitrogens with one attached hydrogen (secondary N) is 1. The van der Waals surface area contributed by atoms with E-state index in [1.54, 1.807) is 0 Å². The minimum Gasteiger partial charge on any atom is -0.353 e. The van der Waals surface area contributed by atoms with Gasteiger partial charge in [0.05, 0.1) is 0 Å². The maximum atomic E-state index is 10.5. The van der Waals surface area contributed by atoms with E-state index in [4.69, 9.17) is 17.3 Å². The van der Waals surface area contributed by atoms with Crippen molar-refractivity contribution in [3.63, 3.8) is 0 Å². The first-order valence-electron chi connectivity index (χ1n) is 6.42. The third kappa shape index (κ3) is 38.3. The molecule has 0 rings (SSSR count). The van der Waals surface area contributed by atoms with Crippen LogP contribution in [0.2, 0.25) is 0 Å². The van der Waals surface area contributed by atoms with Crippen molar-refractivity contribution in [2.24, 2.45) is 5.73 Å². The molecule has 3 N–H and O–H groups in total. The van der Waals surface area contributed by atoms with Gasteiger partial charge in [-0.1, -0.05) is 39.8 Å². The molecule has 0 fully saturated rings. The maximum Gasteiger partial charge on any atom is 0.244 e. The number of nitrogens with two attached hydrogens (primary N) is 1. The lowest BCUT2D eigenvalue weighted by Gasteiger charge is -1.97. The summed E-state index contributed by atoms with van der Waals surface area (Å²) in [4.78, 5) is 19.9. The predicted molar refractivity (Wildman–Crippen MR) is 83.1 cm³/mol. The second-order valence-electron chi connectivity index (χ2n) is 3.50. The number of hydrogen-bond acceptors (Lipinski definition) is 3. The summed E-state index contributed by atoms with van der Waals surface area (Å²) >= 11 is 4.71. The average Bonchev–Trinajstić information content (AvgIpc) is 2.41. The van der Waals surface area contributed by atoms with Gasteiger partial charge in [-0.3, -0.25) is 9.59 Å². The first-order valence-corrected chi connectivity index (χ1v) is 6.80. The van der Waals surface area contributed by atoms with Crippen molar-refractivity contribution in [1.29, 1.82) is 0 Å². The van der Waals surface area contributed by atoms with Crippen LogP contribution in [0.5, 0.6) is 0 Å². The van der Waals surface area contributed by atoms with E-state index in [-0.39, 0.29) is 5.91 Å². The normalized spacial score (nSPS) is 8.00. The third-order valence-electron chi connectivity index (χ3n) is 1.73. The van der Waals surface area contributed by atoms with E-state index in [0.717, 1.165) is 32.0 Å². The zero-order chi connectivity index (χ0) is 15.5. The molecule has 0 heterocycles. The number of unbranched alkanes of at least 4 members (excludes halogenated alkanes) is 2. The number of carbonyl (C=O) groups excluding carboxylic acids is 2. The average molecular weight is 291 g/mol. The van der Waals surface area contributed by atoms with Gasteiger partial charge in [-0.15, -0.1) is 0 Å². The summed E-state index contributed by atoms with van der Waals surface area (Å²) < 4.78 is 0. The molecular formula is C14H27ClN2O2. The summed E-state index contributed by atoms with van der Waals surface area (Å²) in [5.41, 5.74) is 5.14. The number of allylic oxidation sites excluding steroid dienone is 1. The SMILES string of the molecule is C=CC(=O)Cl.C=CC(=O)NCCCC.CCCCN. The standard InChI is InChI=1S/C7H13NO.C4H11N.C3H3ClO/c1-3-5-6-8-7(9)4-2;1-2-3-4-5;1-2-3(4)5/h4H,2-3,5-6H2,1H3,(H,8,9);2-5H2,1H3;2H,1H2. The van der Waals surface area contributed by atoms with Gasteiger partial charge in [0.25, 0.3) is 0 Å². The lowest BCUT2D eigenvalue weighted by atomic mass is 10.3. The van der Waals surface area contributed by atoms with Crippen LogP contribution in [0.15, 0.2) is 25.3 Å². The van der Waals surface area contributed by atoms with Crippen molar-refractivity contribution in [2.75, 3.05) is 13.1 Å². The van der Waals surface area contributed by atoms with Crippen molar-refractivity contribution in [3.8, 4) is 0 Å². The molecule has 0 aromatic rings. The van der Waals surface area contributed by atoms with E-state index in [0.29, 0.717) is 0 Å². The number of hydrogen-bond donors (Lipinski definition) is 2. The highest BCUT2D eigenvalue weighted by Gasteiger charge is 1.88. The van der Waals surface area contributed by atoms with E-state index >= 15 is 0 Å². The molecule has 0 unspecified atom stereocenters. The number of halogens is 1. The molecule has 0 saturated carbocycles. The van der Waals surface area contributed by atoms with Crippen molar-refractivity contribution >= 4 is 22.8 Å². The molecule has 4 nitrogen and oxygen atoms in total. The number of amides is 1. The highest BCUT2D eigenvalue weighted by Crippen LogP contribution is 1.81. The summed E-state index contributed by atoms with van der Waals surface area (Å²) in [6, 6.07) is 0. The van der Waals surface area contributed by atoms with E-state index in [9.17, 15) is 9.59 Å². The molecule has 112 valence electrons. The van der Waals surface area contributed by atoms with Crippen LogP contribution in [0.3, 0.4) is 0 Å². The summed E-state index contributed by atoms with van der Waals surface area (Å²) in [5.74, 6) is -0.0801. The zero-order valence-corrected chi connectivity index (χ0v) is 12.8. The molecule has 1 amide bonds. The van der Waals surface area contributed by atoms with Crippen molar-refractivity contribution in [3.05, 3.63) is 25.3 Å². The van der Waals surface area contributed by atoms with Crippen LogP contribution in [0.1, 0.15) is 39.5 Å². The molecule has 0 spiro atoms. The van der Waals surface area contributed by atoms with Gasteiger partial charge in [0.1, 0.15) is 0 Å². The van der Waals surface area contributed by atoms with Crippen molar-refractivity contribution in [2.45, 2.75) is 39.5 Å². The van der Waals surface area contributed by atoms with Crippen LogP contribution in [-0.4, -0.2) is 24.2 Å². The highest BCUT2D eigenvalue weighted by molar-refractivity contribution is 6.66. The monoisotopic (exact) mass is 290 g/mol. The van der Waals surface area contributed by atoms with E-state index in [1.807, 2.05) is 0 Å². The molecule has 0 radical (unpaired) electrons. The predicted octanol–water partition coefficient (Wildman–Crippen LogP) is 2.77. The van der Waals surface area contributed by atoms with Gasteiger partial charge in [-0.25, -0.2) is 0 Å². The largest absolute Gasteiger partial charge is 0.353 e. The van der Waals surface area contributed by atoms with Crippen LogP contribution < -0.4 is 11.1 Å². The lowest BCUT2D eigenvalue weighted by molar-refractivity contribution is -0.116. The Morgan fingerprint density at radius 3 is 1.84 bits per heavy atom. The first kappa shape index (κ1) is 23.0. The van der Waals surface area contributed by atoms with Gasteiger partial charge < -0.3 is 11.1 Å². The van der Waals surface area contributed by atoms with Crippen LogP contribution >= 0.6 is 11.6 Å². The van der Waals surface area contributed by atoms with Gasteiger partial charge >= 0.3 is 0 Å². The molecule has 19 heavy (non-hydrogen) atoms. The molecule has 5 heteroatoms. The van der Waals surface area contributed by atoms with Crippen LogP contribution in [0.4, 0.5) is 0 Å². The molecule has 0 aromatic heterocycles. The van der Waals surface area contributed by atoms with Crippen molar-refractivity contribution in [1.82, 2.24) is 5.32 Å². The Morgan fingerprint density at radius 1 is 1.16 bits per heavy atom. The minimum absolute atomic E-state index is 0.0801. The number of rotatable bonds is 7. The summed E-state index contributed by atoms with van der Waals surface area (Å²) in [6.07, 6.45) is 6.87. The Labute approximate surface area is 122 Å². The fourth-order valence-corrected chi connectivity index (χ4v) is 0.665. The Bertz CT molecular complexity index is 242. The first-order chi connectivity index (χ1) is 8.99. The highest BCUT2D eigenvalue weighted by atomic mass is 35.5. The van der Waals surface area contributed by atoms with Gasteiger partial charge in [-0.05, 0) is 43.1 Å². The minimum atomic E-state index is -0.509. The Hall–Kier alpha value is -1.13. The van der Waals surface area contributed by atoms with Gasteiger partial charge in [0, 0.05) is 6.54 Å². The van der Waals surface area contributed by atoms with Crippen LogP contribution in [0, 0.1) is 0 Å². The fraction of sp³-hybridized carbons (Fsp3) is 0.571. The molecule has 0 aliphatic heterocycles. The van der Waals surface area contributed by atoms with E-state index in [2.05, 4.69) is 32.3 Å². The van der Waals surface area contributed by atoms with Gasteiger partial charge in [0.15, 0.2) is 0 Å². The van der Waals surface area contributed by atoms with Gasteiger partial charge in [0.2, 0.25) is 11.1 Å². The Balaban J connectivity index is -0.000000219. The van der Waals surface area contributed by atoms with E-state index < -0.39 is 5.24 Å². The van der Waals surface area contributed by atoms with Crippen LogP contribution in [-0.2, 0) is 9.59 Å². The van der Waals surface area contributed by atoms with Crippen molar-refractivity contribution < 1.29 is 9.59 Å². The Morgan fingerprint density at radius 2 is 1.63 bits per heavy atom. The molecule has 0 aliphatic carbocycles. The molecule has 0 saturated heterocycles. The molecule has 0 bridgehead atoms. The molecule has 0 atom stereocenters. The molecular weight excluding hydrogens is 264 g/mol. The third-order valence-corrected chi connectivity index (χ3v) is 1.89.